The van der Waals surface area contributed by atoms with E-state index >= 15 is 0 Å². The smallest absolute Gasteiger partial charge is 0.129 e. The molecule has 0 heterocycles. The first-order chi connectivity index (χ1) is 4.29. The molecule has 0 unspecified atom stereocenters. The van der Waals surface area contributed by atoms with Crippen LogP contribution in [0, 0.1) is 5.92 Å². The van der Waals surface area contributed by atoms with E-state index in [1.54, 1.807) is 6.92 Å². The largest absolute Gasteiger partial charge is 0.300 e. The van der Waals surface area contributed by atoms with Gasteiger partial charge in [-0.2, -0.15) is 0 Å². The van der Waals surface area contributed by atoms with Gasteiger partial charge in [0, 0.05) is 6.42 Å². The molecule has 0 atom stereocenters. The predicted octanol–water partition coefficient (Wildman–Crippen LogP) is 2.16. The molecular formula is C8H14O. The number of hydrogen-bond acceptors (Lipinski definition) is 1. The Bertz CT molecular complexity index is 103. The summed E-state index contributed by atoms with van der Waals surface area (Å²) >= 11 is 0. The Labute approximate surface area is 56.4 Å². The fourth-order valence-electron chi connectivity index (χ4n) is 1.19. The monoisotopic (exact) mass is 126 g/mol. The lowest BCUT2D eigenvalue weighted by atomic mass is 9.82. The first-order valence-corrected chi connectivity index (χ1v) is 3.78. The van der Waals surface area contributed by atoms with E-state index in [0.717, 1.165) is 18.8 Å². The number of carbonyl (C=O) groups excluding carboxylic acids is 1. The highest BCUT2D eigenvalue weighted by Crippen LogP contribution is 2.30. The highest BCUT2D eigenvalue weighted by molar-refractivity contribution is 5.75. The van der Waals surface area contributed by atoms with Gasteiger partial charge in [-0.1, -0.05) is 19.3 Å². The Balaban J connectivity index is 1.97. The third-order valence-electron chi connectivity index (χ3n) is 2.13. The molecule has 1 fully saturated rings. The molecule has 0 saturated heterocycles. The highest BCUT2D eigenvalue weighted by atomic mass is 16.1. The Kier molecular flexibility index (Phi) is 2.26. The van der Waals surface area contributed by atoms with E-state index in [9.17, 15) is 4.79 Å². The lowest BCUT2D eigenvalue weighted by Gasteiger charge is -2.24. The van der Waals surface area contributed by atoms with Crippen molar-refractivity contribution in [3.63, 3.8) is 0 Å². The van der Waals surface area contributed by atoms with Crippen LogP contribution >= 0.6 is 0 Å². The second-order valence-corrected chi connectivity index (χ2v) is 3.04. The maximum absolute atomic E-state index is 10.5. The molecule has 1 aliphatic rings. The van der Waals surface area contributed by atoms with Crippen LogP contribution in [0.3, 0.4) is 0 Å². The topological polar surface area (TPSA) is 17.1 Å². The third kappa shape index (κ3) is 2.17. The lowest BCUT2D eigenvalue weighted by molar-refractivity contribution is -0.117. The number of ketones is 1. The molecule has 1 saturated carbocycles. The summed E-state index contributed by atoms with van der Waals surface area (Å²) in [6, 6.07) is 0. The Morgan fingerprint density at radius 2 is 2.22 bits per heavy atom. The van der Waals surface area contributed by atoms with Crippen molar-refractivity contribution < 1.29 is 4.79 Å². The average molecular weight is 126 g/mol. The first kappa shape index (κ1) is 6.79. The highest BCUT2D eigenvalue weighted by Gasteiger charge is 2.16. The number of carbonyl (C=O) groups is 1. The van der Waals surface area contributed by atoms with Crippen molar-refractivity contribution in [1.29, 1.82) is 0 Å². The Morgan fingerprint density at radius 3 is 2.56 bits per heavy atom. The van der Waals surface area contributed by atoms with Crippen LogP contribution in [0.1, 0.15) is 39.0 Å². The van der Waals surface area contributed by atoms with Gasteiger partial charge >= 0.3 is 0 Å². The van der Waals surface area contributed by atoms with Crippen LogP contribution in [0.15, 0.2) is 0 Å². The summed E-state index contributed by atoms with van der Waals surface area (Å²) in [5.41, 5.74) is 0. The zero-order valence-electron chi connectivity index (χ0n) is 6.02. The Hall–Kier alpha value is -0.330. The molecule has 1 nitrogen and oxygen atoms in total. The number of rotatable bonds is 3. The summed E-state index contributed by atoms with van der Waals surface area (Å²) in [7, 11) is 0. The number of hydrogen-bond donors (Lipinski definition) is 0. The zero-order chi connectivity index (χ0) is 6.69. The van der Waals surface area contributed by atoms with Crippen LogP contribution in [-0.4, -0.2) is 5.78 Å². The fourth-order valence-corrected chi connectivity index (χ4v) is 1.19. The SMILES string of the molecule is CC(=O)CCC1CCC1. The normalized spacial score (nSPS) is 19.2. The van der Waals surface area contributed by atoms with E-state index in [4.69, 9.17) is 0 Å². The van der Waals surface area contributed by atoms with Gasteiger partial charge in [0.1, 0.15) is 5.78 Å². The minimum absolute atomic E-state index is 0.349. The zero-order valence-corrected chi connectivity index (χ0v) is 6.02. The van der Waals surface area contributed by atoms with Gasteiger partial charge in [0.2, 0.25) is 0 Å². The molecule has 52 valence electrons. The molecular weight excluding hydrogens is 112 g/mol. The molecule has 9 heavy (non-hydrogen) atoms. The molecule has 0 spiro atoms. The summed E-state index contributed by atoms with van der Waals surface area (Å²) in [6.07, 6.45) is 6.09. The molecule has 0 aromatic carbocycles. The van der Waals surface area contributed by atoms with Gasteiger partial charge in [-0.25, -0.2) is 0 Å². The van der Waals surface area contributed by atoms with E-state index in [1.165, 1.54) is 19.3 Å². The fraction of sp³-hybridized carbons (Fsp3) is 0.875. The summed E-state index contributed by atoms with van der Waals surface area (Å²) < 4.78 is 0. The van der Waals surface area contributed by atoms with Gasteiger partial charge < -0.3 is 4.79 Å². The van der Waals surface area contributed by atoms with Crippen LogP contribution < -0.4 is 0 Å². The standard InChI is InChI=1S/C8H14O/c1-7(9)5-6-8-3-2-4-8/h8H,2-6H2,1H3. The van der Waals surface area contributed by atoms with Gasteiger partial charge in [-0.15, -0.1) is 0 Å². The average Bonchev–Trinajstić information content (AvgIpc) is 1.60. The van der Waals surface area contributed by atoms with E-state index in [-0.39, 0.29) is 0 Å². The summed E-state index contributed by atoms with van der Waals surface area (Å²) in [5.74, 6) is 1.25. The lowest BCUT2D eigenvalue weighted by Crippen LogP contribution is -2.11. The predicted molar refractivity (Wildman–Crippen MR) is 37.3 cm³/mol. The van der Waals surface area contributed by atoms with Gasteiger partial charge in [-0.05, 0) is 19.3 Å². The molecule has 0 N–H and O–H groups in total. The van der Waals surface area contributed by atoms with Crippen molar-refractivity contribution >= 4 is 5.78 Å². The second-order valence-electron chi connectivity index (χ2n) is 3.04. The summed E-state index contributed by atoms with van der Waals surface area (Å²) in [4.78, 5) is 10.5. The van der Waals surface area contributed by atoms with Crippen molar-refractivity contribution in [1.82, 2.24) is 0 Å². The third-order valence-corrected chi connectivity index (χ3v) is 2.13. The van der Waals surface area contributed by atoms with Crippen LogP contribution in [0.2, 0.25) is 0 Å². The van der Waals surface area contributed by atoms with Gasteiger partial charge in [0.15, 0.2) is 0 Å². The van der Waals surface area contributed by atoms with Crippen LogP contribution in [0.5, 0.6) is 0 Å². The second kappa shape index (κ2) is 3.00. The molecule has 0 amide bonds. The molecule has 0 radical (unpaired) electrons. The van der Waals surface area contributed by atoms with Gasteiger partial charge in [-0.3, -0.25) is 0 Å². The quantitative estimate of drug-likeness (QED) is 0.566. The molecule has 1 heteroatoms. The molecule has 1 rings (SSSR count). The van der Waals surface area contributed by atoms with E-state index in [0.29, 0.717) is 5.78 Å². The van der Waals surface area contributed by atoms with E-state index in [2.05, 4.69) is 0 Å². The van der Waals surface area contributed by atoms with E-state index in [1.807, 2.05) is 0 Å². The first-order valence-electron chi connectivity index (χ1n) is 3.78. The maximum Gasteiger partial charge on any atom is 0.129 e. The van der Waals surface area contributed by atoms with Crippen molar-refractivity contribution in [3.8, 4) is 0 Å². The van der Waals surface area contributed by atoms with Crippen molar-refractivity contribution in [2.24, 2.45) is 5.92 Å². The van der Waals surface area contributed by atoms with Crippen LogP contribution in [0.25, 0.3) is 0 Å². The van der Waals surface area contributed by atoms with E-state index < -0.39 is 0 Å². The Morgan fingerprint density at radius 1 is 1.56 bits per heavy atom. The minimum Gasteiger partial charge on any atom is -0.300 e. The van der Waals surface area contributed by atoms with Crippen molar-refractivity contribution in [2.45, 2.75) is 39.0 Å². The molecule has 0 aromatic rings. The van der Waals surface area contributed by atoms with Crippen LogP contribution in [-0.2, 0) is 4.79 Å². The van der Waals surface area contributed by atoms with Crippen molar-refractivity contribution in [3.05, 3.63) is 0 Å². The van der Waals surface area contributed by atoms with Crippen molar-refractivity contribution in [2.75, 3.05) is 0 Å². The van der Waals surface area contributed by atoms with Crippen LogP contribution in [0.4, 0.5) is 0 Å². The number of Topliss-reactive ketones (excluding diaryl/α,β-unsaturated/α-hetero) is 1. The summed E-state index contributed by atoms with van der Waals surface area (Å²) in [6.45, 7) is 1.68. The van der Waals surface area contributed by atoms with Gasteiger partial charge in [0.05, 0.1) is 0 Å². The molecule has 0 bridgehead atoms. The molecule has 1 aliphatic carbocycles. The minimum atomic E-state index is 0.349. The maximum atomic E-state index is 10.5. The molecule has 0 aromatic heterocycles. The summed E-state index contributed by atoms with van der Waals surface area (Å²) in [5, 5.41) is 0. The molecule has 0 aliphatic heterocycles. The van der Waals surface area contributed by atoms with Gasteiger partial charge in [0.25, 0.3) is 0 Å².